The molecular weight excluding hydrogens is 284 g/mol. The molecule has 1 aromatic carbocycles. The zero-order valence-electron chi connectivity index (χ0n) is 12.6. The normalized spacial score (nSPS) is 10.4. The van der Waals surface area contributed by atoms with Gasteiger partial charge in [0, 0.05) is 12.6 Å². The number of aromatic hydroxyl groups is 1. The van der Waals surface area contributed by atoms with Gasteiger partial charge in [0.25, 0.3) is 0 Å². The number of guanidine groups is 1. The highest BCUT2D eigenvalue weighted by molar-refractivity contribution is 5.91. The summed E-state index contributed by atoms with van der Waals surface area (Å²) in [6, 6.07) is 4.86. The first-order chi connectivity index (χ1) is 10.5. The van der Waals surface area contributed by atoms with Crippen LogP contribution < -0.4 is 26.5 Å². The van der Waals surface area contributed by atoms with Gasteiger partial charge in [-0.1, -0.05) is 6.07 Å². The molecule has 22 heavy (non-hydrogen) atoms. The van der Waals surface area contributed by atoms with E-state index in [1.54, 1.807) is 18.2 Å². The first-order valence-corrected chi connectivity index (χ1v) is 6.97. The SMILES string of the molecule is COc1cc(/C=C/C(=O)NCCCC[NH+]=C(N)N)ccc1O. The summed E-state index contributed by atoms with van der Waals surface area (Å²) in [4.78, 5) is 14.4. The van der Waals surface area contributed by atoms with E-state index in [1.165, 1.54) is 19.3 Å². The van der Waals surface area contributed by atoms with Gasteiger partial charge in [-0.25, -0.2) is 0 Å². The molecule has 0 spiro atoms. The number of amides is 1. The number of hydrogen-bond acceptors (Lipinski definition) is 3. The number of phenolic OH excluding ortho intramolecular Hbond substituents is 1. The van der Waals surface area contributed by atoms with E-state index >= 15 is 0 Å². The number of carbonyl (C=O) groups is 1. The Hall–Kier alpha value is -2.70. The largest absolute Gasteiger partial charge is 0.504 e. The maximum absolute atomic E-state index is 11.6. The summed E-state index contributed by atoms with van der Waals surface area (Å²) in [6.45, 7) is 1.26. The molecule has 7 N–H and O–H groups in total. The number of rotatable bonds is 8. The predicted octanol–water partition coefficient (Wildman–Crippen LogP) is -1.34. The third kappa shape index (κ3) is 6.65. The minimum Gasteiger partial charge on any atom is -0.504 e. The molecule has 1 rings (SSSR count). The van der Waals surface area contributed by atoms with Gasteiger partial charge < -0.3 is 15.2 Å². The maximum Gasteiger partial charge on any atom is 0.338 e. The average molecular weight is 307 g/mol. The van der Waals surface area contributed by atoms with Crippen LogP contribution in [-0.4, -0.2) is 37.2 Å². The van der Waals surface area contributed by atoms with Crippen molar-refractivity contribution in [2.24, 2.45) is 11.5 Å². The first-order valence-electron chi connectivity index (χ1n) is 6.97. The Kier molecular flexibility index (Phi) is 7.32. The molecular formula is C15H23N4O3+. The third-order valence-electron chi connectivity index (χ3n) is 2.86. The van der Waals surface area contributed by atoms with Crippen molar-refractivity contribution in [3.63, 3.8) is 0 Å². The van der Waals surface area contributed by atoms with Crippen molar-refractivity contribution in [3.8, 4) is 11.5 Å². The van der Waals surface area contributed by atoms with Crippen LogP contribution in [0.2, 0.25) is 0 Å². The summed E-state index contributed by atoms with van der Waals surface area (Å²) in [7, 11) is 1.47. The number of unbranched alkanes of at least 4 members (excludes halogenated alkanes) is 1. The fraction of sp³-hybridized carbons (Fsp3) is 0.333. The smallest absolute Gasteiger partial charge is 0.338 e. The standard InChI is InChI=1S/C15H22N4O3/c1-22-13-10-11(4-6-12(13)20)5-7-14(21)18-8-2-3-9-19-15(16)17/h4-7,10,20H,2-3,8-9H2,1H3,(H,18,21)(H4,16,17,19)/p+1/b7-5+. The summed E-state index contributed by atoms with van der Waals surface area (Å²) in [6.07, 6.45) is 4.78. The highest BCUT2D eigenvalue weighted by atomic mass is 16.5. The van der Waals surface area contributed by atoms with Crippen LogP contribution in [0.1, 0.15) is 18.4 Å². The molecule has 120 valence electrons. The molecule has 0 aromatic heterocycles. The van der Waals surface area contributed by atoms with E-state index in [-0.39, 0.29) is 17.6 Å². The minimum atomic E-state index is -0.176. The van der Waals surface area contributed by atoms with Crippen molar-refractivity contribution in [3.05, 3.63) is 29.8 Å². The Balaban J connectivity index is 2.34. The molecule has 1 aromatic rings. The molecule has 0 saturated carbocycles. The van der Waals surface area contributed by atoms with Gasteiger partial charge >= 0.3 is 5.96 Å². The molecule has 0 heterocycles. The Morgan fingerprint density at radius 2 is 2.18 bits per heavy atom. The highest BCUT2D eigenvalue weighted by Gasteiger charge is 2.01. The predicted molar refractivity (Wildman–Crippen MR) is 85.1 cm³/mol. The summed E-state index contributed by atoms with van der Waals surface area (Å²) < 4.78 is 5.00. The van der Waals surface area contributed by atoms with E-state index < -0.39 is 0 Å². The van der Waals surface area contributed by atoms with Gasteiger partial charge in [-0.2, -0.15) is 0 Å². The van der Waals surface area contributed by atoms with Gasteiger partial charge in [-0.05, 0) is 36.6 Å². The van der Waals surface area contributed by atoms with Gasteiger partial charge in [0.15, 0.2) is 11.5 Å². The number of carbonyl (C=O) groups excluding carboxylic acids is 1. The van der Waals surface area contributed by atoms with Gasteiger partial charge in [0.05, 0.1) is 13.7 Å². The molecule has 0 bridgehead atoms. The van der Waals surface area contributed by atoms with Crippen LogP contribution in [0.3, 0.4) is 0 Å². The second-order valence-electron chi connectivity index (χ2n) is 4.64. The molecule has 0 fully saturated rings. The van der Waals surface area contributed by atoms with Crippen LogP contribution in [0.25, 0.3) is 6.08 Å². The number of benzene rings is 1. The molecule has 1 amide bonds. The number of hydrogen-bond donors (Lipinski definition) is 5. The summed E-state index contributed by atoms with van der Waals surface area (Å²) in [5.74, 6) is 0.459. The number of ether oxygens (including phenoxy) is 1. The van der Waals surface area contributed by atoms with Crippen molar-refractivity contribution < 1.29 is 19.6 Å². The number of nitrogens with two attached hydrogens (primary N) is 2. The Labute approximate surface area is 129 Å². The first kappa shape index (κ1) is 17.4. The minimum absolute atomic E-state index is 0.0630. The molecule has 0 aliphatic carbocycles. The van der Waals surface area contributed by atoms with Crippen LogP contribution in [0.4, 0.5) is 0 Å². The zero-order valence-corrected chi connectivity index (χ0v) is 12.6. The third-order valence-corrected chi connectivity index (χ3v) is 2.86. The monoisotopic (exact) mass is 307 g/mol. The Bertz CT molecular complexity index is 552. The van der Waals surface area contributed by atoms with Crippen molar-refractivity contribution >= 4 is 17.9 Å². The van der Waals surface area contributed by atoms with Crippen LogP contribution in [0, 0.1) is 0 Å². The van der Waals surface area contributed by atoms with Crippen molar-refractivity contribution in [1.82, 2.24) is 5.32 Å². The number of methoxy groups -OCH3 is 1. The lowest BCUT2D eigenvalue weighted by molar-refractivity contribution is -0.459. The second-order valence-corrected chi connectivity index (χ2v) is 4.64. The van der Waals surface area contributed by atoms with Crippen LogP contribution in [-0.2, 0) is 4.79 Å². The van der Waals surface area contributed by atoms with E-state index in [2.05, 4.69) is 10.3 Å². The molecule has 7 nitrogen and oxygen atoms in total. The lowest BCUT2D eigenvalue weighted by Crippen LogP contribution is -2.78. The summed E-state index contributed by atoms with van der Waals surface area (Å²) in [5.41, 5.74) is 11.3. The Morgan fingerprint density at radius 1 is 1.41 bits per heavy atom. The lowest BCUT2D eigenvalue weighted by Gasteiger charge is -2.04. The van der Waals surface area contributed by atoms with E-state index in [1.807, 2.05) is 0 Å². The highest BCUT2D eigenvalue weighted by Crippen LogP contribution is 2.26. The zero-order chi connectivity index (χ0) is 16.4. The number of phenols is 1. The second kappa shape index (κ2) is 9.28. The van der Waals surface area contributed by atoms with Crippen molar-refractivity contribution in [1.29, 1.82) is 0 Å². The van der Waals surface area contributed by atoms with Crippen molar-refractivity contribution in [2.45, 2.75) is 12.8 Å². The number of nitrogens with one attached hydrogen (secondary N) is 2. The van der Waals surface area contributed by atoms with Crippen LogP contribution in [0.5, 0.6) is 11.5 Å². The lowest BCUT2D eigenvalue weighted by atomic mass is 10.2. The van der Waals surface area contributed by atoms with Gasteiger partial charge in [0.2, 0.25) is 5.91 Å². The fourth-order valence-corrected chi connectivity index (χ4v) is 1.72. The summed E-state index contributed by atoms with van der Waals surface area (Å²) >= 11 is 0. The van der Waals surface area contributed by atoms with E-state index in [0.29, 0.717) is 18.8 Å². The molecule has 0 saturated heterocycles. The Morgan fingerprint density at radius 3 is 2.86 bits per heavy atom. The van der Waals surface area contributed by atoms with Gasteiger partial charge in [0.1, 0.15) is 0 Å². The van der Waals surface area contributed by atoms with E-state index in [9.17, 15) is 9.90 Å². The van der Waals surface area contributed by atoms with E-state index in [4.69, 9.17) is 16.2 Å². The molecule has 7 heteroatoms. The molecule has 0 atom stereocenters. The maximum atomic E-state index is 11.6. The van der Waals surface area contributed by atoms with Gasteiger partial charge in [-0.15, -0.1) is 0 Å². The molecule has 0 aliphatic heterocycles. The van der Waals surface area contributed by atoms with Crippen molar-refractivity contribution in [2.75, 3.05) is 20.2 Å². The van der Waals surface area contributed by atoms with Crippen LogP contribution >= 0.6 is 0 Å². The van der Waals surface area contributed by atoms with E-state index in [0.717, 1.165) is 18.4 Å². The summed E-state index contributed by atoms with van der Waals surface area (Å²) in [5, 5.41) is 12.3. The molecule has 0 radical (unpaired) electrons. The average Bonchev–Trinajstić information content (AvgIpc) is 2.49. The molecule has 0 aliphatic rings. The van der Waals surface area contributed by atoms with Gasteiger partial charge in [-0.3, -0.25) is 21.3 Å². The molecule has 0 unspecified atom stereocenters. The topological polar surface area (TPSA) is 125 Å². The quantitative estimate of drug-likeness (QED) is 0.176. The van der Waals surface area contributed by atoms with Crippen LogP contribution in [0.15, 0.2) is 24.3 Å². The fourth-order valence-electron chi connectivity index (χ4n) is 1.72.